The zero-order valence-electron chi connectivity index (χ0n) is 20.2. The fourth-order valence-electron chi connectivity index (χ4n) is 5.21. The predicted molar refractivity (Wildman–Crippen MR) is 136 cm³/mol. The Morgan fingerprint density at radius 3 is 2.46 bits per heavy atom. The van der Waals surface area contributed by atoms with Crippen LogP contribution in [0.25, 0.3) is 10.9 Å². The minimum atomic E-state index is -0.165. The van der Waals surface area contributed by atoms with E-state index in [2.05, 4.69) is 51.4 Å². The van der Waals surface area contributed by atoms with Gasteiger partial charge in [-0.05, 0) is 30.0 Å². The maximum absolute atomic E-state index is 13.5. The molecule has 0 radical (unpaired) electrons. The van der Waals surface area contributed by atoms with Crippen molar-refractivity contribution in [3.05, 3.63) is 58.0 Å². The number of rotatable bonds is 10. The van der Waals surface area contributed by atoms with E-state index >= 15 is 0 Å². The van der Waals surface area contributed by atoms with Crippen LogP contribution in [-0.4, -0.2) is 63.5 Å². The summed E-state index contributed by atoms with van der Waals surface area (Å²) in [5.41, 5.74) is 9.02. The summed E-state index contributed by atoms with van der Waals surface area (Å²) in [5, 5.41) is 13.2. The van der Waals surface area contributed by atoms with Crippen molar-refractivity contribution in [2.24, 2.45) is 5.41 Å². The Kier molecular flexibility index (Phi) is 6.73. The molecule has 5 rings (SSSR count). The van der Waals surface area contributed by atoms with Crippen LogP contribution >= 0.6 is 0 Å². The van der Waals surface area contributed by atoms with E-state index in [0.717, 1.165) is 51.3 Å². The molecule has 9 heteroatoms. The minimum absolute atomic E-state index is 0.00112. The predicted octanol–water partition coefficient (Wildman–Crippen LogP) is 2.22. The molecular weight excluding hydrogens is 444 g/mol. The summed E-state index contributed by atoms with van der Waals surface area (Å²) < 4.78 is 7.04. The number of fused-ring (bicyclic) bond motifs is 1. The molecule has 2 aliphatic rings. The maximum Gasteiger partial charge on any atom is 0.264 e. The van der Waals surface area contributed by atoms with E-state index in [1.165, 1.54) is 5.56 Å². The lowest BCUT2D eigenvalue weighted by Crippen LogP contribution is -2.65. The van der Waals surface area contributed by atoms with Gasteiger partial charge in [0.05, 0.1) is 25.3 Å². The fourth-order valence-corrected chi connectivity index (χ4v) is 5.21. The molecule has 2 aromatic heterocycles. The average Bonchev–Trinajstić information content (AvgIpc) is 2.77. The molecule has 1 atom stereocenters. The van der Waals surface area contributed by atoms with Crippen LogP contribution < -0.4 is 16.6 Å². The number of aromatic nitrogens is 3. The molecule has 1 spiro atoms. The maximum atomic E-state index is 13.5. The van der Waals surface area contributed by atoms with Gasteiger partial charge in [-0.15, -0.1) is 0 Å². The van der Waals surface area contributed by atoms with E-state index in [9.17, 15) is 9.90 Å². The van der Waals surface area contributed by atoms with Gasteiger partial charge in [0, 0.05) is 43.9 Å². The van der Waals surface area contributed by atoms with Crippen LogP contribution in [0.5, 0.6) is 0 Å². The topological polar surface area (TPSA) is 119 Å². The molecule has 4 heterocycles. The Labute approximate surface area is 204 Å². The average molecular weight is 479 g/mol. The summed E-state index contributed by atoms with van der Waals surface area (Å²) in [6, 6.07) is 10.3. The number of nitrogens with one attached hydrogen (secondary N) is 1. The molecule has 3 aromatic rings. The first-order valence-electron chi connectivity index (χ1n) is 12.4. The minimum Gasteiger partial charge on any atom is -0.396 e. The van der Waals surface area contributed by atoms with Gasteiger partial charge in [0.15, 0.2) is 0 Å². The Morgan fingerprint density at radius 1 is 1.11 bits per heavy atom. The summed E-state index contributed by atoms with van der Waals surface area (Å²) in [7, 11) is 0. The first kappa shape index (κ1) is 23.7. The van der Waals surface area contributed by atoms with Crippen LogP contribution in [-0.2, 0) is 17.8 Å². The van der Waals surface area contributed by atoms with Crippen molar-refractivity contribution in [2.75, 3.05) is 44.0 Å². The lowest BCUT2D eigenvalue weighted by molar-refractivity contribution is -0.191. The van der Waals surface area contributed by atoms with Gasteiger partial charge in [-0.25, -0.2) is 4.98 Å². The first-order chi connectivity index (χ1) is 17.0. The highest BCUT2D eigenvalue weighted by Crippen LogP contribution is 2.38. The summed E-state index contributed by atoms with van der Waals surface area (Å²) >= 11 is 0. The number of aliphatic hydroxyl groups is 1. The monoisotopic (exact) mass is 478 g/mol. The molecule has 0 bridgehead atoms. The Morgan fingerprint density at radius 2 is 1.83 bits per heavy atom. The van der Waals surface area contributed by atoms with Crippen molar-refractivity contribution >= 4 is 22.7 Å². The number of likely N-dealkylation sites (tertiary alicyclic amines) is 1. The first-order valence-corrected chi connectivity index (χ1v) is 12.4. The van der Waals surface area contributed by atoms with Crippen molar-refractivity contribution in [1.29, 1.82) is 0 Å². The van der Waals surface area contributed by atoms with Crippen LogP contribution in [0, 0.1) is 5.41 Å². The Bertz CT molecular complexity index is 1220. The van der Waals surface area contributed by atoms with Crippen LogP contribution in [0.1, 0.15) is 37.3 Å². The standard InChI is InChI=1S/C26H34N6O3/c1-2-3-20(9-11-33)28-23-22-21(29-25(27)30-23)8-10-32(24(22)34)13-19-6-4-18(5-7-19)12-31-14-26(15-31)16-35-17-26/h4-8,10,20,33H,2-3,9,11-17H2,1H3,(H3,27,28,29,30)/t20-/m0/s1. The molecule has 1 aromatic carbocycles. The zero-order valence-corrected chi connectivity index (χ0v) is 20.2. The lowest BCUT2D eigenvalue weighted by atomic mass is 9.78. The number of pyridine rings is 1. The number of nitrogen functional groups attached to an aromatic ring is 1. The molecule has 0 saturated carbocycles. The lowest BCUT2D eigenvalue weighted by Gasteiger charge is -2.55. The molecular formula is C26H34N6O3. The Balaban J connectivity index is 1.33. The van der Waals surface area contributed by atoms with Gasteiger partial charge < -0.3 is 25.5 Å². The molecule has 2 fully saturated rings. The molecule has 35 heavy (non-hydrogen) atoms. The number of hydrogen-bond acceptors (Lipinski definition) is 8. The zero-order chi connectivity index (χ0) is 24.4. The van der Waals surface area contributed by atoms with Crippen LogP contribution in [0.3, 0.4) is 0 Å². The number of anilines is 2. The summed E-state index contributed by atoms with van der Waals surface area (Å²) in [6.07, 6.45) is 4.13. The molecule has 4 N–H and O–H groups in total. The number of nitrogens with zero attached hydrogens (tertiary/aromatic N) is 4. The van der Waals surface area contributed by atoms with Crippen molar-refractivity contribution in [1.82, 2.24) is 19.4 Å². The molecule has 9 nitrogen and oxygen atoms in total. The number of nitrogens with two attached hydrogens (primary N) is 1. The third-order valence-corrected chi connectivity index (χ3v) is 7.01. The van der Waals surface area contributed by atoms with E-state index in [-0.39, 0.29) is 24.2 Å². The smallest absolute Gasteiger partial charge is 0.264 e. The summed E-state index contributed by atoms with van der Waals surface area (Å²) in [4.78, 5) is 24.5. The van der Waals surface area contributed by atoms with Crippen molar-refractivity contribution in [3.63, 3.8) is 0 Å². The van der Waals surface area contributed by atoms with Gasteiger partial charge in [0.1, 0.15) is 11.2 Å². The number of aliphatic hydroxyl groups excluding tert-OH is 1. The molecule has 0 unspecified atom stereocenters. The summed E-state index contributed by atoms with van der Waals surface area (Å²) in [6.45, 7) is 7.57. The Hall–Kier alpha value is -3.01. The van der Waals surface area contributed by atoms with E-state index in [4.69, 9.17) is 10.5 Å². The molecule has 0 amide bonds. The van der Waals surface area contributed by atoms with Gasteiger partial charge >= 0.3 is 0 Å². The van der Waals surface area contributed by atoms with Crippen molar-refractivity contribution in [3.8, 4) is 0 Å². The quantitative estimate of drug-likeness (QED) is 0.406. The SMILES string of the molecule is CCC[C@@H](CCO)Nc1nc(N)nc2ccn(Cc3ccc(CN4CC5(COC5)C4)cc3)c(=O)c12. The van der Waals surface area contributed by atoms with Gasteiger partial charge in [0.25, 0.3) is 5.56 Å². The van der Waals surface area contributed by atoms with E-state index in [1.54, 1.807) is 16.8 Å². The van der Waals surface area contributed by atoms with Crippen molar-refractivity contribution < 1.29 is 9.84 Å². The fraction of sp³-hybridized carbons (Fsp3) is 0.500. The number of hydrogen-bond donors (Lipinski definition) is 3. The highest BCUT2D eigenvalue weighted by molar-refractivity contribution is 5.89. The third-order valence-electron chi connectivity index (χ3n) is 7.01. The number of benzene rings is 1. The second kappa shape index (κ2) is 9.93. The van der Waals surface area contributed by atoms with Crippen LogP contribution in [0.4, 0.5) is 11.8 Å². The van der Waals surface area contributed by atoms with Gasteiger partial charge in [-0.3, -0.25) is 9.69 Å². The van der Waals surface area contributed by atoms with Crippen LogP contribution in [0.15, 0.2) is 41.3 Å². The highest BCUT2D eigenvalue weighted by atomic mass is 16.5. The van der Waals surface area contributed by atoms with E-state index in [1.807, 2.05) is 0 Å². The van der Waals surface area contributed by atoms with Crippen LogP contribution in [0.2, 0.25) is 0 Å². The van der Waals surface area contributed by atoms with Gasteiger partial charge in [-0.2, -0.15) is 4.98 Å². The summed E-state index contributed by atoms with van der Waals surface area (Å²) in [5.74, 6) is 0.545. The normalized spacial score (nSPS) is 17.8. The second-order valence-electron chi connectivity index (χ2n) is 10.0. The van der Waals surface area contributed by atoms with Crippen molar-refractivity contribution in [2.45, 2.75) is 45.3 Å². The molecule has 186 valence electrons. The molecule has 2 saturated heterocycles. The third kappa shape index (κ3) is 5.03. The highest BCUT2D eigenvalue weighted by Gasteiger charge is 2.48. The van der Waals surface area contributed by atoms with Gasteiger partial charge in [0.2, 0.25) is 5.95 Å². The van der Waals surface area contributed by atoms with E-state index < -0.39 is 0 Å². The molecule has 2 aliphatic heterocycles. The largest absolute Gasteiger partial charge is 0.396 e. The van der Waals surface area contributed by atoms with E-state index in [0.29, 0.717) is 35.1 Å². The van der Waals surface area contributed by atoms with Gasteiger partial charge in [-0.1, -0.05) is 37.6 Å². The molecule has 0 aliphatic carbocycles. The second-order valence-corrected chi connectivity index (χ2v) is 10.0. The number of ether oxygens (including phenoxy) is 1.